The van der Waals surface area contributed by atoms with Crippen molar-refractivity contribution < 1.29 is 8.83 Å². The zero-order chi connectivity index (χ0) is 15.2. The second-order valence-corrected chi connectivity index (χ2v) is 5.43. The van der Waals surface area contributed by atoms with Crippen LogP contribution in [0.5, 0.6) is 0 Å². The summed E-state index contributed by atoms with van der Waals surface area (Å²) in [7, 11) is 1.72. The van der Waals surface area contributed by atoms with Gasteiger partial charge in [-0.25, -0.2) is 4.98 Å². The third-order valence-corrected chi connectivity index (χ3v) is 3.81. The molecule has 0 aliphatic rings. The summed E-state index contributed by atoms with van der Waals surface area (Å²) in [4.78, 5) is 9.62. The van der Waals surface area contributed by atoms with Crippen molar-refractivity contribution in [3.8, 4) is 10.8 Å². The van der Waals surface area contributed by atoms with E-state index in [1.165, 1.54) is 0 Å². The Bertz CT molecular complexity index is 717. The molecule has 0 spiro atoms. The van der Waals surface area contributed by atoms with Crippen LogP contribution in [0.2, 0.25) is 0 Å². The molecule has 0 fully saturated rings. The number of guanidine groups is 1. The molecule has 0 unspecified atom stereocenters. The monoisotopic (exact) mass is 316 g/mol. The second kappa shape index (κ2) is 6.95. The minimum atomic E-state index is 0.534. The van der Waals surface area contributed by atoms with Crippen molar-refractivity contribution in [2.75, 3.05) is 7.05 Å². The molecule has 0 saturated heterocycles. The quantitative estimate of drug-likeness (QED) is 0.559. The third-order valence-electron chi connectivity index (χ3n) is 2.95. The molecule has 0 aromatic carbocycles. The largest absolute Gasteiger partial charge is 0.467 e. The van der Waals surface area contributed by atoms with Gasteiger partial charge < -0.3 is 19.5 Å². The van der Waals surface area contributed by atoms with Gasteiger partial charge in [0, 0.05) is 7.05 Å². The van der Waals surface area contributed by atoms with E-state index in [4.69, 9.17) is 8.83 Å². The van der Waals surface area contributed by atoms with Gasteiger partial charge >= 0.3 is 0 Å². The Morgan fingerprint density at radius 3 is 2.86 bits per heavy atom. The summed E-state index contributed by atoms with van der Waals surface area (Å²) in [6.45, 7) is 1.11. The molecule has 0 amide bonds. The molecule has 6 nitrogen and oxygen atoms in total. The molecule has 2 N–H and O–H groups in total. The van der Waals surface area contributed by atoms with Gasteiger partial charge in [0.05, 0.1) is 29.9 Å². The summed E-state index contributed by atoms with van der Waals surface area (Å²) in [5.41, 5.74) is 0.823. The topological polar surface area (TPSA) is 75.6 Å². The van der Waals surface area contributed by atoms with Crippen molar-refractivity contribution in [3.63, 3.8) is 0 Å². The van der Waals surface area contributed by atoms with E-state index in [1.807, 2.05) is 29.6 Å². The number of aliphatic imine (C=N–C) groups is 1. The Balaban J connectivity index is 1.52. The maximum atomic E-state index is 5.48. The van der Waals surface area contributed by atoms with Crippen LogP contribution < -0.4 is 10.6 Å². The van der Waals surface area contributed by atoms with E-state index >= 15 is 0 Å². The average molecular weight is 316 g/mol. The van der Waals surface area contributed by atoms with Gasteiger partial charge in [0.15, 0.2) is 5.96 Å². The van der Waals surface area contributed by atoms with E-state index in [0.717, 1.165) is 16.3 Å². The van der Waals surface area contributed by atoms with Gasteiger partial charge in [-0.05, 0) is 23.6 Å². The molecule has 3 aromatic heterocycles. The van der Waals surface area contributed by atoms with E-state index < -0.39 is 0 Å². The number of furan rings is 1. The summed E-state index contributed by atoms with van der Waals surface area (Å²) < 4.78 is 10.7. The first-order valence-corrected chi connectivity index (χ1v) is 7.68. The van der Waals surface area contributed by atoms with Gasteiger partial charge in [0.25, 0.3) is 0 Å². The molecular formula is C15H16N4O2S. The Morgan fingerprint density at radius 2 is 2.14 bits per heavy atom. The lowest BCUT2D eigenvalue weighted by molar-refractivity contribution is 0.501. The lowest BCUT2D eigenvalue weighted by atomic mass is 10.4. The molecule has 0 radical (unpaired) electrons. The molecule has 0 aliphatic heterocycles. The predicted octanol–water partition coefficient (Wildman–Crippen LogP) is 2.86. The van der Waals surface area contributed by atoms with Crippen LogP contribution in [0.15, 0.2) is 56.0 Å². The Hall–Kier alpha value is -2.54. The zero-order valence-electron chi connectivity index (χ0n) is 12.1. The first-order chi connectivity index (χ1) is 10.8. The minimum Gasteiger partial charge on any atom is -0.467 e. The highest BCUT2D eigenvalue weighted by Gasteiger charge is 2.08. The number of nitrogens with one attached hydrogen (secondary N) is 2. The lowest BCUT2D eigenvalue weighted by Crippen LogP contribution is -2.36. The van der Waals surface area contributed by atoms with Crippen LogP contribution in [-0.4, -0.2) is 18.0 Å². The maximum Gasteiger partial charge on any atom is 0.236 e. The predicted molar refractivity (Wildman–Crippen MR) is 85.6 cm³/mol. The Labute approximate surface area is 131 Å². The number of hydrogen-bond donors (Lipinski definition) is 2. The van der Waals surface area contributed by atoms with E-state index in [0.29, 0.717) is 24.9 Å². The number of thiophene rings is 1. The van der Waals surface area contributed by atoms with Crippen molar-refractivity contribution in [2.24, 2.45) is 4.99 Å². The van der Waals surface area contributed by atoms with Crippen LogP contribution in [0.25, 0.3) is 10.8 Å². The SMILES string of the molecule is CN=C(NCc1coc(-c2cccs2)n1)NCc1ccco1. The van der Waals surface area contributed by atoms with Crippen LogP contribution in [0.1, 0.15) is 11.5 Å². The van der Waals surface area contributed by atoms with Crippen LogP contribution in [0.3, 0.4) is 0 Å². The van der Waals surface area contributed by atoms with Gasteiger partial charge in [-0.15, -0.1) is 11.3 Å². The van der Waals surface area contributed by atoms with Crippen molar-refractivity contribution >= 4 is 17.3 Å². The molecule has 3 heterocycles. The Kier molecular flexibility index (Phi) is 4.55. The molecule has 0 saturated carbocycles. The average Bonchev–Trinajstić information content (AvgIpc) is 3.29. The fourth-order valence-electron chi connectivity index (χ4n) is 1.88. The highest BCUT2D eigenvalue weighted by Crippen LogP contribution is 2.23. The van der Waals surface area contributed by atoms with Gasteiger partial charge in [-0.1, -0.05) is 6.07 Å². The van der Waals surface area contributed by atoms with E-state index in [9.17, 15) is 0 Å². The molecule has 3 rings (SSSR count). The lowest BCUT2D eigenvalue weighted by Gasteiger charge is -2.09. The molecule has 0 aliphatic carbocycles. The highest BCUT2D eigenvalue weighted by molar-refractivity contribution is 7.13. The van der Waals surface area contributed by atoms with Gasteiger partial charge in [-0.2, -0.15) is 0 Å². The van der Waals surface area contributed by atoms with Crippen LogP contribution in [0, 0.1) is 0 Å². The molecule has 0 atom stereocenters. The van der Waals surface area contributed by atoms with Crippen LogP contribution in [-0.2, 0) is 13.1 Å². The fraction of sp³-hybridized carbons (Fsp3) is 0.200. The summed E-state index contributed by atoms with van der Waals surface area (Å²) in [6.07, 6.45) is 3.30. The highest BCUT2D eigenvalue weighted by atomic mass is 32.1. The van der Waals surface area contributed by atoms with Crippen LogP contribution in [0.4, 0.5) is 0 Å². The molecule has 114 valence electrons. The smallest absolute Gasteiger partial charge is 0.236 e. The first kappa shape index (κ1) is 14.4. The van der Waals surface area contributed by atoms with Gasteiger partial charge in [-0.3, -0.25) is 4.99 Å². The molecular weight excluding hydrogens is 300 g/mol. The van der Waals surface area contributed by atoms with Crippen molar-refractivity contribution in [1.82, 2.24) is 15.6 Å². The number of nitrogens with zero attached hydrogens (tertiary/aromatic N) is 2. The molecule has 3 aromatic rings. The number of oxazole rings is 1. The number of rotatable bonds is 5. The van der Waals surface area contributed by atoms with Crippen molar-refractivity contribution in [2.45, 2.75) is 13.1 Å². The first-order valence-electron chi connectivity index (χ1n) is 6.80. The molecule has 7 heteroatoms. The van der Waals surface area contributed by atoms with Crippen molar-refractivity contribution in [1.29, 1.82) is 0 Å². The maximum absolute atomic E-state index is 5.48. The van der Waals surface area contributed by atoms with E-state index in [-0.39, 0.29) is 0 Å². The third kappa shape index (κ3) is 3.56. The van der Waals surface area contributed by atoms with Crippen molar-refractivity contribution in [3.05, 3.63) is 53.6 Å². The summed E-state index contributed by atoms with van der Waals surface area (Å²) in [6, 6.07) is 7.72. The standard InChI is InChI=1S/C15H16N4O2S/c1-16-15(18-9-12-4-2-6-20-12)17-8-11-10-21-14(19-11)13-5-3-7-22-13/h2-7,10H,8-9H2,1H3,(H2,16,17,18). The molecule has 0 bridgehead atoms. The second-order valence-electron chi connectivity index (χ2n) is 4.48. The minimum absolute atomic E-state index is 0.534. The number of aromatic nitrogens is 1. The fourth-order valence-corrected chi connectivity index (χ4v) is 2.54. The summed E-state index contributed by atoms with van der Waals surface area (Å²) in [5, 5.41) is 8.35. The normalized spacial score (nSPS) is 11.6. The number of hydrogen-bond acceptors (Lipinski definition) is 5. The van der Waals surface area contributed by atoms with E-state index in [1.54, 1.807) is 30.9 Å². The van der Waals surface area contributed by atoms with Gasteiger partial charge in [0.2, 0.25) is 5.89 Å². The summed E-state index contributed by atoms with van der Waals surface area (Å²) >= 11 is 1.60. The van der Waals surface area contributed by atoms with Crippen LogP contribution >= 0.6 is 11.3 Å². The molecule has 22 heavy (non-hydrogen) atoms. The zero-order valence-corrected chi connectivity index (χ0v) is 12.9. The van der Waals surface area contributed by atoms with E-state index in [2.05, 4.69) is 20.6 Å². The Morgan fingerprint density at radius 1 is 1.23 bits per heavy atom. The van der Waals surface area contributed by atoms with Gasteiger partial charge in [0.1, 0.15) is 12.0 Å². The summed E-state index contributed by atoms with van der Waals surface area (Å²) in [5.74, 6) is 2.17.